The molecule has 13 heavy (non-hydrogen) atoms. The number of hydrogen-bond donors (Lipinski definition) is 0. The van der Waals surface area contributed by atoms with Gasteiger partial charge in [-0.2, -0.15) is 0 Å². The molecule has 0 aromatic rings. The summed E-state index contributed by atoms with van der Waals surface area (Å²) < 4.78 is 11.9. The molecule has 0 aliphatic carbocycles. The summed E-state index contributed by atoms with van der Waals surface area (Å²) in [7, 11) is 1.72. The van der Waals surface area contributed by atoms with Crippen molar-refractivity contribution in [3.05, 3.63) is 0 Å². The van der Waals surface area contributed by atoms with Crippen LogP contribution in [0.3, 0.4) is 0 Å². The molecule has 0 saturated carbocycles. The lowest BCUT2D eigenvalue weighted by Crippen LogP contribution is -2.48. The highest BCUT2D eigenvalue weighted by molar-refractivity contribution is 14.1. The minimum absolute atomic E-state index is 0.562. The minimum Gasteiger partial charge on any atom is -0.397 e. The van der Waals surface area contributed by atoms with Crippen molar-refractivity contribution in [2.75, 3.05) is 14.2 Å². The Kier molecular flexibility index (Phi) is 7.68. The first-order chi connectivity index (χ1) is 6.16. The largest absolute Gasteiger partial charge is 0.397 e. The van der Waals surface area contributed by atoms with Crippen LogP contribution in [0, 0.1) is 0 Å². The van der Waals surface area contributed by atoms with Gasteiger partial charge in [0, 0.05) is 14.2 Å². The molecule has 0 N–H and O–H groups in total. The van der Waals surface area contributed by atoms with Crippen LogP contribution in [0.1, 0.15) is 33.1 Å². The summed E-state index contributed by atoms with van der Waals surface area (Å²) in [5.74, 6) is 0. The Morgan fingerprint density at radius 2 is 1.77 bits per heavy atom. The van der Waals surface area contributed by atoms with Crippen LogP contribution in [-0.4, -0.2) is 26.3 Å². The fourth-order valence-electron chi connectivity index (χ4n) is 1.43. The maximum Gasteiger partial charge on any atom is 0.350 e. The summed E-state index contributed by atoms with van der Waals surface area (Å²) >= 11 is 2.47. The van der Waals surface area contributed by atoms with Crippen molar-refractivity contribution >= 4 is 31.2 Å². The Bertz CT molecular complexity index is 129. The molecule has 0 radical (unpaired) electrons. The molecule has 0 amide bonds. The van der Waals surface area contributed by atoms with E-state index in [0.717, 1.165) is 12.5 Å². The quantitative estimate of drug-likeness (QED) is 0.408. The lowest BCUT2D eigenvalue weighted by atomic mass is 10.4. The Hall–Kier alpha value is 0.867. The Morgan fingerprint density at radius 3 is 2.08 bits per heavy atom. The summed E-state index contributed by atoms with van der Waals surface area (Å²) in [5, 5.41) is 0. The summed E-state index contributed by atoms with van der Waals surface area (Å²) in [6.07, 6.45) is 3.57. The van der Waals surface area contributed by atoms with Crippen molar-refractivity contribution in [1.29, 1.82) is 0 Å². The summed E-state index contributed by atoms with van der Waals surface area (Å²) in [6.45, 7) is 4.40. The van der Waals surface area contributed by atoms with Crippen molar-refractivity contribution < 1.29 is 8.85 Å². The number of unbranched alkanes of at least 4 members (excludes halogenated alkanes) is 1. The predicted molar refractivity (Wildman–Crippen MR) is 67.6 cm³/mol. The molecule has 80 valence electrons. The summed E-state index contributed by atoms with van der Waals surface area (Å²) in [4.78, 5) is 0. The van der Waals surface area contributed by atoms with Gasteiger partial charge >= 0.3 is 8.56 Å². The third kappa shape index (κ3) is 3.85. The van der Waals surface area contributed by atoms with Crippen LogP contribution in [0.5, 0.6) is 0 Å². The Morgan fingerprint density at radius 1 is 1.23 bits per heavy atom. The molecule has 0 aromatic carbocycles. The van der Waals surface area contributed by atoms with Crippen LogP contribution in [0.2, 0.25) is 6.04 Å². The van der Waals surface area contributed by atoms with Gasteiger partial charge in [-0.25, -0.2) is 0 Å². The number of alkyl halides is 1. The molecule has 1 atom stereocenters. The first-order valence-corrected chi connectivity index (χ1v) is 8.25. The molecule has 0 fully saturated rings. The number of rotatable bonds is 7. The predicted octanol–water partition coefficient (Wildman–Crippen LogP) is 3.27. The minimum atomic E-state index is -1.88. The van der Waals surface area contributed by atoms with Crippen molar-refractivity contribution in [2.24, 2.45) is 0 Å². The second-order valence-electron chi connectivity index (χ2n) is 3.20. The van der Waals surface area contributed by atoms with Crippen molar-refractivity contribution in [1.82, 2.24) is 0 Å². The van der Waals surface area contributed by atoms with E-state index >= 15 is 0 Å². The molecular formula is C9H21IO2Si. The van der Waals surface area contributed by atoms with Gasteiger partial charge in [-0.15, -0.1) is 0 Å². The highest BCUT2D eigenvalue weighted by Gasteiger charge is 2.41. The Balaban J connectivity index is 4.29. The summed E-state index contributed by atoms with van der Waals surface area (Å²) in [5.41, 5.74) is 0. The van der Waals surface area contributed by atoms with Crippen molar-refractivity contribution in [3.8, 4) is 0 Å². The van der Waals surface area contributed by atoms with E-state index in [-0.39, 0.29) is 0 Å². The van der Waals surface area contributed by atoms with E-state index in [4.69, 9.17) is 8.85 Å². The molecule has 0 heterocycles. The monoisotopic (exact) mass is 316 g/mol. The fraction of sp³-hybridized carbons (Fsp3) is 1.00. The first-order valence-electron chi connectivity index (χ1n) is 4.91. The molecular weight excluding hydrogens is 295 g/mol. The maximum atomic E-state index is 5.65. The van der Waals surface area contributed by atoms with Gasteiger partial charge in [-0.3, -0.25) is 0 Å². The normalized spacial score (nSPS) is 14.5. The Labute approximate surface area is 96.8 Å². The number of hydrogen-bond acceptors (Lipinski definition) is 2. The average molecular weight is 316 g/mol. The molecule has 0 aromatic heterocycles. The van der Waals surface area contributed by atoms with Gasteiger partial charge in [0.05, 0.1) is 3.55 Å². The van der Waals surface area contributed by atoms with E-state index < -0.39 is 8.56 Å². The van der Waals surface area contributed by atoms with Crippen LogP contribution in [0.15, 0.2) is 0 Å². The van der Waals surface area contributed by atoms with Gasteiger partial charge in [0.2, 0.25) is 0 Å². The molecule has 0 rings (SSSR count). The van der Waals surface area contributed by atoms with Gasteiger partial charge in [-0.1, -0.05) is 49.3 Å². The average Bonchev–Trinajstić information content (AvgIpc) is 2.19. The van der Waals surface area contributed by atoms with Gasteiger partial charge in [0.25, 0.3) is 0 Å². The van der Waals surface area contributed by atoms with Gasteiger partial charge < -0.3 is 8.85 Å². The molecule has 1 unspecified atom stereocenters. The third-order valence-electron chi connectivity index (χ3n) is 2.41. The van der Waals surface area contributed by atoms with E-state index in [9.17, 15) is 0 Å². The zero-order valence-electron chi connectivity index (χ0n) is 9.10. The van der Waals surface area contributed by atoms with E-state index in [1.54, 1.807) is 14.2 Å². The number of halogens is 1. The van der Waals surface area contributed by atoms with Crippen molar-refractivity contribution in [3.63, 3.8) is 0 Å². The van der Waals surface area contributed by atoms with Crippen LogP contribution in [-0.2, 0) is 8.85 Å². The van der Waals surface area contributed by atoms with E-state index in [1.807, 2.05) is 0 Å². The van der Waals surface area contributed by atoms with Crippen LogP contribution < -0.4 is 0 Å². The first kappa shape index (κ1) is 13.9. The standard InChI is InChI=1S/C9H21IO2Si/c1-5-7-8-13(11-3,12-4)9(10)6-2/h9H,5-8H2,1-4H3. The zero-order chi connectivity index (χ0) is 10.3. The zero-order valence-corrected chi connectivity index (χ0v) is 12.3. The fourth-order valence-corrected chi connectivity index (χ4v) is 6.76. The molecule has 0 bridgehead atoms. The van der Waals surface area contributed by atoms with Gasteiger partial charge in [-0.05, 0) is 12.5 Å². The van der Waals surface area contributed by atoms with Gasteiger partial charge in [0.1, 0.15) is 0 Å². The van der Waals surface area contributed by atoms with Crippen LogP contribution in [0.25, 0.3) is 0 Å². The molecule has 0 aliphatic heterocycles. The molecule has 0 saturated heterocycles. The second kappa shape index (κ2) is 7.20. The lowest BCUT2D eigenvalue weighted by Gasteiger charge is -2.31. The van der Waals surface area contributed by atoms with E-state index in [2.05, 4.69) is 36.4 Å². The third-order valence-corrected chi connectivity index (χ3v) is 9.93. The highest BCUT2D eigenvalue weighted by Crippen LogP contribution is 2.27. The molecule has 0 spiro atoms. The SMILES string of the molecule is CCCC[Si](OC)(OC)C(I)CC. The smallest absolute Gasteiger partial charge is 0.350 e. The summed E-state index contributed by atoms with van der Waals surface area (Å²) in [6, 6.07) is 1.12. The highest BCUT2D eigenvalue weighted by atomic mass is 127. The molecule has 2 nitrogen and oxygen atoms in total. The van der Waals surface area contributed by atoms with E-state index in [1.165, 1.54) is 12.8 Å². The van der Waals surface area contributed by atoms with Gasteiger partial charge in [0.15, 0.2) is 0 Å². The lowest BCUT2D eigenvalue weighted by molar-refractivity contribution is 0.239. The molecule has 0 aliphatic rings. The van der Waals surface area contributed by atoms with Crippen LogP contribution >= 0.6 is 22.6 Å². The molecule has 4 heteroatoms. The maximum absolute atomic E-state index is 5.65. The van der Waals surface area contributed by atoms with Crippen LogP contribution in [0.4, 0.5) is 0 Å². The second-order valence-corrected chi connectivity index (χ2v) is 9.52. The van der Waals surface area contributed by atoms with E-state index in [0.29, 0.717) is 3.55 Å². The topological polar surface area (TPSA) is 18.5 Å². The van der Waals surface area contributed by atoms with Crippen molar-refractivity contribution in [2.45, 2.75) is 42.7 Å².